The average Bonchev–Trinajstić information content (AvgIpc) is 2.74. The molecule has 2 aliphatic rings. The number of nitriles is 1. The zero-order chi connectivity index (χ0) is 19.1. The first-order valence-corrected chi connectivity index (χ1v) is 9.43. The first kappa shape index (κ1) is 19.2. The second kappa shape index (κ2) is 6.88. The van der Waals surface area contributed by atoms with Gasteiger partial charge in [0.2, 0.25) is 0 Å². The highest BCUT2D eigenvalue weighted by Gasteiger charge is 2.51. The molecular weight excluding hydrogens is 327 g/mol. The van der Waals surface area contributed by atoms with Crippen molar-refractivity contribution in [2.45, 2.75) is 83.8 Å². The van der Waals surface area contributed by atoms with Crippen molar-refractivity contribution in [3.63, 3.8) is 0 Å². The van der Waals surface area contributed by atoms with Crippen molar-refractivity contribution < 1.29 is 14.0 Å². The summed E-state index contributed by atoms with van der Waals surface area (Å²) in [6.07, 6.45) is 2.33. The molecule has 0 aliphatic carbocycles. The maximum absolute atomic E-state index is 9.63. The summed E-state index contributed by atoms with van der Waals surface area (Å²) in [7, 11) is -0.454. The molecule has 0 saturated carbocycles. The fraction of sp³-hybridized carbons (Fsp3) is 0.650. The molecule has 0 spiro atoms. The predicted molar refractivity (Wildman–Crippen MR) is 104 cm³/mol. The molecule has 0 radical (unpaired) electrons. The van der Waals surface area contributed by atoms with Gasteiger partial charge < -0.3 is 19.4 Å². The molecule has 2 heterocycles. The lowest BCUT2D eigenvalue weighted by Gasteiger charge is -2.33. The molecule has 1 aromatic carbocycles. The van der Waals surface area contributed by atoms with Gasteiger partial charge in [0.05, 0.1) is 34.7 Å². The highest BCUT2D eigenvalue weighted by molar-refractivity contribution is 6.62. The van der Waals surface area contributed by atoms with Gasteiger partial charge in [-0.15, -0.1) is 0 Å². The Bertz CT molecular complexity index is 687. The van der Waals surface area contributed by atoms with Crippen molar-refractivity contribution in [2.75, 3.05) is 5.32 Å². The summed E-state index contributed by atoms with van der Waals surface area (Å²) >= 11 is 0. The Kier molecular flexibility index (Phi) is 5.09. The Hall–Kier alpha value is -1.55. The van der Waals surface area contributed by atoms with E-state index in [0.717, 1.165) is 24.0 Å². The zero-order valence-corrected chi connectivity index (χ0v) is 16.6. The number of ether oxygens (including phenoxy) is 1. The highest BCUT2D eigenvalue weighted by Crippen LogP contribution is 2.36. The molecule has 0 amide bonds. The van der Waals surface area contributed by atoms with Gasteiger partial charge in [-0.3, -0.25) is 0 Å². The minimum absolute atomic E-state index is 0.228. The van der Waals surface area contributed by atoms with Gasteiger partial charge in [0.25, 0.3) is 0 Å². The van der Waals surface area contributed by atoms with E-state index in [4.69, 9.17) is 14.0 Å². The third-order valence-corrected chi connectivity index (χ3v) is 5.75. The monoisotopic (exact) mass is 356 g/mol. The average molecular weight is 356 g/mol. The number of hydrogen-bond donors (Lipinski definition) is 1. The van der Waals surface area contributed by atoms with E-state index in [0.29, 0.717) is 11.6 Å². The van der Waals surface area contributed by atoms with Crippen LogP contribution in [0.15, 0.2) is 18.2 Å². The summed E-state index contributed by atoms with van der Waals surface area (Å²) in [5.74, 6) is 0. The van der Waals surface area contributed by atoms with E-state index in [-0.39, 0.29) is 12.2 Å². The number of nitrogens with zero attached hydrogens (tertiary/aromatic N) is 1. The SMILES string of the molecule is CC1CC(Nc2ccc(B3OC(C)(C)C(C)(C)O3)cc2C#N)CC(C)O1. The molecule has 5 nitrogen and oxygen atoms in total. The van der Waals surface area contributed by atoms with Crippen LogP contribution in [-0.4, -0.2) is 36.6 Å². The molecule has 1 N–H and O–H groups in total. The van der Waals surface area contributed by atoms with Crippen molar-refractivity contribution in [1.29, 1.82) is 5.26 Å². The second-order valence-electron chi connectivity index (χ2n) is 8.58. The molecule has 0 aromatic heterocycles. The van der Waals surface area contributed by atoms with Crippen LogP contribution in [0.1, 0.15) is 59.9 Å². The van der Waals surface area contributed by atoms with Crippen LogP contribution in [0.5, 0.6) is 0 Å². The Balaban J connectivity index is 1.78. The molecule has 2 saturated heterocycles. The molecular formula is C20H29BN2O3. The third kappa shape index (κ3) is 3.76. The van der Waals surface area contributed by atoms with Crippen molar-refractivity contribution in [3.8, 4) is 6.07 Å². The minimum Gasteiger partial charge on any atom is -0.399 e. The molecule has 140 valence electrons. The van der Waals surface area contributed by atoms with E-state index < -0.39 is 18.3 Å². The maximum Gasteiger partial charge on any atom is 0.494 e. The Morgan fingerprint density at radius 1 is 1.08 bits per heavy atom. The van der Waals surface area contributed by atoms with E-state index in [1.165, 1.54) is 0 Å². The first-order chi connectivity index (χ1) is 12.1. The van der Waals surface area contributed by atoms with Gasteiger partial charge >= 0.3 is 7.12 Å². The minimum atomic E-state index is -0.454. The number of benzene rings is 1. The molecule has 26 heavy (non-hydrogen) atoms. The molecule has 6 heteroatoms. The molecule has 2 atom stereocenters. The predicted octanol–water partition coefficient (Wildman–Crippen LogP) is 3.23. The van der Waals surface area contributed by atoms with Crippen molar-refractivity contribution in [1.82, 2.24) is 0 Å². The molecule has 0 bridgehead atoms. The van der Waals surface area contributed by atoms with Crippen molar-refractivity contribution in [2.24, 2.45) is 0 Å². The largest absolute Gasteiger partial charge is 0.494 e. The molecule has 2 unspecified atom stereocenters. The summed E-state index contributed by atoms with van der Waals surface area (Å²) in [4.78, 5) is 0. The van der Waals surface area contributed by atoms with E-state index >= 15 is 0 Å². The third-order valence-electron chi connectivity index (χ3n) is 5.75. The van der Waals surface area contributed by atoms with Gasteiger partial charge in [-0.05, 0) is 72.0 Å². The molecule has 2 fully saturated rings. The van der Waals surface area contributed by atoms with Crippen LogP contribution >= 0.6 is 0 Å². The number of nitrogens with one attached hydrogen (secondary N) is 1. The van der Waals surface area contributed by atoms with Gasteiger partial charge in [-0.2, -0.15) is 5.26 Å². The maximum atomic E-state index is 9.63. The fourth-order valence-corrected chi connectivity index (χ4v) is 3.65. The summed E-state index contributed by atoms with van der Waals surface area (Å²) in [6.45, 7) is 12.3. The summed E-state index contributed by atoms with van der Waals surface area (Å²) in [5.41, 5.74) is 1.56. The number of anilines is 1. The van der Waals surface area contributed by atoms with Crippen molar-refractivity contribution in [3.05, 3.63) is 23.8 Å². The summed E-state index contributed by atoms with van der Waals surface area (Å²) in [6, 6.07) is 8.43. The van der Waals surface area contributed by atoms with Crippen LogP contribution in [-0.2, 0) is 14.0 Å². The van der Waals surface area contributed by atoms with Crippen LogP contribution in [0.25, 0.3) is 0 Å². The van der Waals surface area contributed by atoms with Crippen LogP contribution in [0.2, 0.25) is 0 Å². The fourth-order valence-electron chi connectivity index (χ4n) is 3.65. The van der Waals surface area contributed by atoms with E-state index in [2.05, 4.69) is 25.2 Å². The quantitative estimate of drug-likeness (QED) is 0.843. The van der Waals surface area contributed by atoms with Gasteiger partial charge in [0.1, 0.15) is 6.07 Å². The number of rotatable bonds is 3. The van der Waals surface area contributed by atoms with E-state index in [1.807, 2.05) is 45.9 Å². The second-order valence-corrected chi connectivity index (χ2v) is 8.58. The zero-order valence-electron chi connectivity index (χ0n) is 16.6. The van der Waals surface area contributed by atoms with Crippen LogP contribution in [0.3, 0.4) is 0 Å². The van der Waals surface area contributed by atoms with Gasteiger partial charge in [-0.25, -0.2) is 0 Å². The smallest absolute Gasteiger partial charge is 0.399 e. The Morgan fingerprint density at radius 2 is 1.65 bits per heavy atom. The van der Waals surface area contributed by atoms with Gasteiger partial charge in [0, 0.05) is 6.04 Å². The lowest BCUT2D eigenvalue weighted by atomic mass is 9.78. The normalized spacial score (nSPS) is 30.0. The van der Waals surface area contributed by atoms with Gasteiger partial charge in [0.15, 0.2) is 0 Å². The summed E-state index contributed by atoms with van der Waals surface area (Å²) in [5, 5.41) is 13.2. The molecule has 1 aromatic rings. The van der Waals surface area contributed by atoms with Crippen LogP contribution < -0.4 is 10.8 Å². The van der Waals surface area contributed by atoms with Gasteiger partial charge in [-0.1, -0.05) is 6.07 Å². The van der Waals surface area contributed by atoms with Crippen molar-refractivity contribution >= 4 is 18.3 Å². The Labute approximate surface area is 157 Å². The highest BCUT2D eigenvalue weighted by atomic mass is 16.7. The lowest BCUT2D eigenvalue weighted by molar-refractivity contribution is -0.0337. The van der Waals surface area contributed by atoms with E-state index in [9.17, 15) is 5.26 Å². The molecule has 3 rings (SSSR count). The first-order valence-electron chi connectivity index (χ1n) is 9.43. The van der Waals surface area contributed by atoms with Crippen LogP contribution in [0.4, 0.5) is 5.69 Å². The molecule has 2 aliphatic heterocycles. The van der Waals surface area contributed by atoms with Crippen LogP contribution in [0, 0.1) is 11.3 Å². The standard InChI is InChI=1S/C20H29BN2O3/c1-13-9-17(10-14(2)24-13)23-18-8-7-16(11-15(18)12-22)21-25-19(3,4)20(5,6)26-21/h7-8,11,13-14,17,23H,9-10H2,1-6H3. The van der Waals surface area contributed by atoms with E-state index in [1.54, 1.807) is 0 Å². The topological polar surface area (TPSA) is 63.5 Å². The number of hydrogen-bond acceptors (Lipinski definition) is 5. The summed E-state index contributed by atoms with van der Waals surface area (Å²) < 4.78 is 18.0. The lowest BCUT2D eigenvalue weighted by Crippen LogP contribution is -2.41. The Morgan fingerprint density at radius 3 is 2.19 bits per heavy atom.